The molecule has 1 aromatic heterocycles. The second-order valence-electron chi connectivity index (χ2n) is 7.33. The van der Waals surface area contributed by atoms with Gasteiger partial charge in [-0.15, -0.1) is 0 Å². The molecule has 1 fully saturated rings. The van der Waals surface area contributed by atoms with E-state index in [0.29, 0.717) is 5.92 Å². The zero-order chi connectivity index (χ0) is 15.5. The van der Waals surface area contributed by atoms with Crippen LogP contribution in [0.5, 0.6) is 0 Å². The highest BCUT2D eigenvalue weighted by Crippen LogP contribution is 2.39. The number of nitrogens with one attached hydrogen (secondary N) is 1. The largest absolute Gasteiger partial charge is 0.369 e. The zero-order valence-corrected chi connectivity index (χ0v) is 15.4. The Hall–Kier alpha value is -0.640. The Labute approximate surface area is 137 Å². The van der Waals surface area contributed by atoms with E-state index in [0.717, 1.165) is 35.5 Å². The molecule has 1 aliphatic carbocycles. The summed E-state index contributed by atoms with van der Waals surface area (Å²) in [5.41, 5.74) is 1.43. The predicted molar refractivity (Wildman–Crippen MR) is 92.9 cm³/mol. The number of nitrogens with zero attached hydrogens (tertiary/aromatic N) is 2. The van der Waals surface area contributed by atoms with Crippen molar-refractivity contribution in [1.29, 1.82) is 0 Å². The third kappa shape index (κ3) is 4.67. The van der Waals surface area contributed by atoms with E-state index in [-0.39, 0.29) is 5.41 Å². The van der Waals surface area contributed by atoms with Gasteiger partial charge in [-0.2, -0.15) is 0 Å². The standard InChI is InChI=1S/C17H28BrN3/c1-5-10-19-16-14(18)15(12-8-6-7-9-12)20-13(21-16)11-17(2,3)4/h12H,5-11H2,1-4H3,(H,19,20,21). The third-order valence-corrected chi connectivity index (χ3v) is 4.68. The van der Waals surface area contributed by atoms with E-state index in [1.54, 1.807) is 0 Å². The number of anilines is 1. The molecule has 118 valence electrons. The molecule has 0 aliphatic heterocycles. The van der Waals surface area contributed by atoms with Crippen molar-refractivity contribution in [2.75, 3.05) is 11.9 Å². The fraction of sp³-hybridized carbons (Fsp3) is 0.765. The number of hydrogen-bond donors (Lipinski definition) is 1. The van der Waals surface area contributed by atoms with E-state index in [1.165, 1.54) is 31.4 Å². The average Bonchev–Trinajstić information content (AvgIpc) is 2.91. The van der Waals surface area contributed by atoms with Crippen molar-refractivity contribution in [1.82, 2.24) is 9.97 Å². The summed E-state index contributed by atoms with van der Waals surface area (Å²) in [4.78, 5) is 9.67. The lowest BCUT2D eigenvalue weighted by Crippen LogP contribution is -2.16. The molecule has 0 radical (unpaired) electrons. The fourth-order valence-electron chi connectivity index (χ4n) is 2.90. The number of halogens is 1. The molecule has 0 spiro atoms. The highest BCUT2D eigenvalue weighted by atomic mass is 79.9. The molecule has 0 amide bonds. The SMILES string of the molecule is CCCNc1nc(CC(C)(C)C)nc(C2CCCC2)c1Br. The Morgan fingerprint density at radius 3 is 2.43 bits per heavy atom. The Bertz CT molecular complexity index is 474. The molecule has 2 rings (SSSR count). The van der Waals surface area contributed by atoms with Gasteiger partial charge in [0.25, 0.3) is 0 Å². The summed E-state index contributed by atoms with van der Waals surface area (Å²) in [7, 11) is 0. The first-order valence-electron chi connectivity index (χ1n) is 8.21. The van der Waals surface area contributed by atoms with Crippen molar-refractivity contribution in [3.8, 4) is 0 Å². The van der Waals surface area contributed by atoms with Crippen LogP contribution in [0.25, 0.3) is 0 Å². The number of rotatable bonds is 5. The highest BCUT2D eigenvalue weighted by molar-refractivity contribution is 9.10. The Kier molecular flexibility index (Phi) is 5.64. The van der Waals surface area contributed by atoms with Crippen molar-refractivity contribution in [2.45, 2.75) is 72.1 Å². The molecule has 1 N–H and O–H groups in total. The molecule has 0 bridgehead atoms. The molecule has 21 heavy (non-hydrogen) atoms. The normalized spacial score (nSPS) is 16.4. The molecule has 1 aliphatic rings. The molecule has 4 heteroatoms. The maximum absolute atomic E-state index is 4.91. The topological polar surface area (TPSA) is 37.8 Å². The van der Waals surface area contributed by atoms with Crippen LogP contribution in [-0.4, -0.2) is 16.5 Å². The van der Waals surface area contributed by atoms with Gasteiger partial charge in [-0.3, -0.25) is 0 Å². The summed E-state index contributed by atoms with van der Waals surface area (Å²) >= 11 is 3.75. The molecule has 1 heterocycles. The summed E-state index contributed by atoms with van der Waals surface area (Å²) in [5.74, 6) is 2.56. The number of aromatic nitrogens is 2. The van der Waals surface area contributed by atoms with Crippen LogP contribution < -0.4 is 5.32 Å². The van der Waals surface area contributed by atoms with E-state index in [2.05, 4.69) is 48.9 Å². The third-order valence-electron chi connectivity index (χ3n) is 3.90. The van der Waals surface area contributed by atoms with Gasteiger partial charge in [-0.05, 0) is 40.6 Å². The average molecular weight is 354 g/mol. The van der Waals surface area contributed by atoms with Gasteiger partial charge in [0.1, 0.15) is 11.6 Å². The maximum Gasteiger partial charge on any atom is 0.144 e. The van der Waals surface area contributed by atoms with Crippen LogP contribution in [-0.2, 0) is 6.42 Å². The Balaban J connectivity index is 2.34. The molecule has 1 aromatic rings. The van der Waals surface area contributed by atoms with Gasteiger partial charge in [-0.1, -0.05) is 40.5 Å². The molecular weight excluding hydrogens is 326 g/mol. The summed E-state index contributed by atoms with van der Waals surface area (Å²) in [6.45, 7) is 9.86. The van der Waals surface area contributed by atoms with Gasteiger partial charge in [0.2, 0.25) is 0 Å². The van der Waals surface area contributed by atoms with Crippen molar-refractivity contribution in [2.24, 2.45) is 5.41 Å². The quantitative estimate of drug-likeness (QED) is 0.779. The van der Waals surface area contributed by atoms with Crippen LogP contribution in [0.15, 0.2) is 4.47 Å². The molecular formula is C17H28BrN3. The van der Waals surface area contributed by atoms with Crippen molar-refractivity contribution in [3.63, 3.8) is 0 Å². The van der Waals surface area contributed by atoms with Crippen LogP contribution in [0.3, 0.4) is 0 Å². The highest BCUT2D eigenvalue weighted by Gasteiger charge is 2.25. The lowest BCUT2D eigenvalue weighted by atomic mass is 9.91. The first kappa shape index (κ1) is 16.7. The van der Waals surface area contributed by atoms with E-state index in [4.69, 9.17) is 9.97 Å². The first-order chi connectivity index (χ1) is 9.90. The van der Waals surface area contributed by atoms with Crippen LogP contribution >= 0.6 is 15.9 Å². The number of hydrogen-bond acceptors (Lipinski definition) is 3. The smallest absolute Gasteiger partial charge is 0.144 e. The van der Waals surface area contributed by atoms with Gasteiger partial charge in [0.05, 0.1) is 10.2 Å². The summed E-state index contributed by atoms with van der Waals surface area (Å²) in [6, 6.07) is 0. The Morgan fingerprint density at radius 1 is 1.19 bits per heavy atom. The minimum Gasteiger partial charge on any atom is -0.369 e. The molecule has 0 unspecified atom stereocenters. The van der Waals surface area contributed by atoms with Crippen molar-refractivity contribution >= 4 is 21.7 Å². The van der Waals surface area contributed by atoms with Gasteiger partial charge < -0.3 is 5.32 Å². The zero-order valence-electron chi connectivity index (χ0n) is 13.8. The van der Waals surface area contributed by atoms with E-state index in [9.17, 15) is 0 Å². The van der Waals surface area contributed by atoms with Crippen molar-refractivity contribution < 1.29 is 0 Å². The van der Waals surface area contributed by atoms with Crippen LogP contribution in [0, 0.1) is 5.41 Å². The van der Waals surface area contributed by atoms with Crippen LogP contribution in [0.1, 0.15) is 77.2 Å². The molecule has 1 saturated carbocycles. The van der Waals surface area contributed by atoms with Crippen LogP contribution in [0.2, 0.25) is 0 Å². The van der Waals surface area contributed by atoms with E-state index >= 15 is 0 Å². The lowest BCUT2D eigenvalue weighted by molar-refractivity contribution is 0.399. The monoisotopic (exact) mass is 353 g/mol. The predicted octanol–water partition coefficient (Wildman–Crippen LogP) is 5.31. The molecule has 0 aromatic carbocycles. The first-order valence-corrected chi connectivity index (χ1v) is 9.00. The maximum atomic E-state index is 4.91. The molecule has 3 nitrogen and oxygen atoms in total. The van der Waals surface area contributed by atoms with E-state index in [1.807, 2.05) is 0 Å². The summed E-state index contributed by atoms with van der Waals surface area (Å²) < 4.78 is 1.08. The van der Waals surface area contributed by atoms with Crippen molar-refractivity contribution in [3.05, 3.63) is 16.0 Å². The molecule has 0 atom stereocenters. The van der Waals surface area contributed by atoms with Gasteiger partial charge in [-0.25, -0.2) is 9.97 Å². The van der Waals surface area contributed by atoms with E-state index < -0.39 is 0 Å². The minimum absolute atomic E-state index is 0.211. The van der Waals surface area contributed by atoms with Crippen LogP contribution in [0.4, 0.5) is 5.82 Å². The lowest BCUT2D eigenvalue weighted by Gasteiger charge is -2.20. The second-order valence-corrected chi connectivity index (χ2v) is 8.13. The fourth-order valence-corrected chi connectivity index (χ4v) is 3.54. The summed E-state index contributed by atoms with van der Waals surface area (Å²) in [5, 5.41) is 3.45. The van der Waals surface area contributed by atoms with Gasteiger partial charge in [0.15, 0.2) is 0 Å². The molecule has 0 saturated heterocycles. The Morgan fingerprint density at radius 2 is 1.86 bits per heavy atom. The minimum atomic E-state index is 0.211. The van der Waals surface area contributed by atoms with Gasteiger partial charge in [0, 0.05) is 18.9 Å². The van der Waals surface area contributed by atoms with Gasteiger partial charge >= 0.3 is 0 Å². The summed E-state index contributed by atoms with van der Waals surface area (Å²) in [6.07, 6.45) is 7.20. The second kappa shape index (κ2) is 7.08.